The highest BCUT2D eigenvalue weighted by molar-refractivity contribution is 4.81. The summed E-state index contributed by atoms with van der Waals surface area (Å²) in [6, 6.07) is 0. The smallest absolute Gasteiger partial charge is 0.0110 e. The molecule has 2 heteroatoms. The minimum atomic E-state index is 1.07. The zero-order valence-electron chi connectivity index (χ0n) is 11.2. The standard InChI is InChI=1S/C15H28N2/c1-2-4-14(3-1)7-8-16-9-11-17(12-10-16)13-15-5-6-15/h14-15H,1-13H2. The van der Waals surface area contributed by atoms with Crippen molar-refractivity contribution in [3.05, 3.63) is 0 Å². The Morgan fingerprint density at radius 2 is 1.35 bits per heavy atom. The minimum Gasteiger partial charge on any atom is -0.301 e. The maximum absolute atomic E-state index is 2.71. The van der Waals surface area contributed by atoms with Gasteiger partial charge < -0.3 is 9.80 Å². The van der Waals surface area contributed by atoms with Crippen LogP contribution in [-0.4, -0.2) is 49.1 Å². The van der Waals surface area contributed by atoms with Gasteiger partial charge in [0.2, 0.25) is 0 Å². The highest BCUT2D eigenvalue weighted by Crippen LogP contribution is 2.30. The number of hydrogen-bond donors (Lipinski definition) is 0. The lowest BCUT2D eigenvalue weighted by atomic mass is 10.0. The van der Waals surface area contributed by atoms with Crippen molar-refractivity contribution in [3.63, 3.8) is 0 Å². The molecule has 0 bridgehead atoms. The van der Waals surface area contributed by atoms with Gasteiger partial charge in [-0.15, -0.1) is 0 Å². The minimum absolute atomic E-state index is 1.07. The van der Waals surface area contributed by atoms with E-state index < -0.39 is 0 Å². The highest BCUT2D eigenvalue weighted by Gasteiger charge is 2.26. The molecule has 0 atom stereocenters. The van der Waals surface area contributed by atoms with E-state index >= 15 is 0 Å². The third-order valence-corrected chi connectivity index (χ3v) is 5.01. The fourth-order valence-corrected chi connectivity index (χ4v) is 3.53. The second-order valence-electron chi connectivity index (χ2n) is 6.52. The van der Waals surface area contributed by atoms with Crippen LogP contribution in [0.25, 0.3) is 0 Å². The average Bonchev–Trinajstić information content (AvgIpc) is 3.02. The van der Waals surface area contributed by atoms with Crippen molar-refractivity contribution in [1.29, 1.82) is 0 Å². The summed E-state index contributed by atoms with van der Waals surface area (Å²) in [7, 11) is 0. The van der Waals surface area contributed by atoms with Crippen LogP contribution in [0, 0.1) is 11.8 Å². The summed E-state index contributed by atoms with van der Waals surface area (Å²) in [5, 5.41) is 0. The molecule has 0 radical (unpaired) electrons. The fraction of sp³-hybridized carbons (Fsp3) is 1.00. The van der Waals surface area contributed by atoms with E-state index in [1.54, 1.807) is 0 Å². The number of piperazine rings is 1. The first kappa shape index (κ1) is 12.0. The topological polar surface area (TPSA) is 6.48 Å². The van der Waals surface area contributed by atoms with Gasteiger partial charge in [0, 0.05) is 32.7 Å². The molecule has 0 aromatic heterocycles. The van der Waals surface area contributed by atoms with Crippen molar-refractivity contribution < 1.29 is 0 Å². The Bertz CT molecular complexity index is 223. The number of rotatable bonds is 5. The summed E-state index contributed by atoms with van der Waals surface area (Å²) in [6.45, 7) is 8.11. The van der Waals surface area contributed by atoms with Crippen LogP contribution in [0.3, 0.4) is 0 Å². The van der Waals surface area contributed by atoms with E-state index in [9.17, 15) is 0 Å². The molecule has 0 aromatic carbocycles. The van der Waals surface area contributed by atoms with Crippen molar-refractivity contribution in [3.8, 4) is 0 Å². The van der Waals surface area contributed by atoms with E-state index in [-0.39, 0.29) is 0 Å². The van der Waals surface area contributed by atoms with Gasteiger partial charge in [-0.05, 0) is 37.6 Å². The van der Waals surface area contributed by atoms with Gasteiger partial charge in [-0.25, -0.2) is 0 Å². The lowest BCUT2D eigenvalue weighted by Gasteiger charge is -2.35. The van der Waals surface area contributed by atoms with Crippen molar-refractivity contribution in [1.82, 2.24) is 9.80 Å². The summed E-state index contributed by atoms with van der Waals surface area (Å²) in [5.74, 6) is 2.14. The Balaban J connectivity index is 1.30. The van der Waals surface area contributed by atoms with Gasteiger partial charge in [-0.3, -0.25) is 0 Å². The lowest BCUT2D eigenvalue weighted by molar-refractivity contribution is 0.123. The Kier molecular flexibility index (Phi) is 4.02. The zero-order valence-corrected chi connectivity index (χ0v) is 11.2. The second kappa shape index (κ2) is 5.71. The van der Waals surface area contributed by atoms with E-state index in [2.05, 4.69) is 9.80 Å². The highest BCUT2D eigenvalue weighted by atomic mass is 15.3. The van der Waals surface area contributed by atoms with Crippen molar-refractivity contribution in [2.45, 2.75) is 44.9 Å². The first-order valence-electron chi connectivity index (χ1n) is 7.85. The van der Waals surface area contributed by atoms with E-state index in [0.29, 0.717) is 0 Å². The summed E-state index contributed by atoms with van der Waals surface area (Å²) >= 11 is 0. The first-order chi connectivity index (χ1) is 8.40. The summed E-state index contributed by atoms with van der Waals surface area (Å²) in [6.07, 6.45) is 10.5. The van der Waals surface area contributed by atoms with Gasteiger partial charge in [0.1, 0.15) is 0 Å². The van der Waals surface area contributed by atoms with Gasteiger partial charge in [0.25, 0.3) is 0 Å². The van der Waals surface area contributed by atoms with Gasteiger partial charge >= 0.3 is 0 Å². The van der Waals surface area contributed by atoms with Crippen LogP contribution in [0.1, 0.15) is 44.9 Å². The van der Waals surface area contributed by atoms with Crippen LogP contribution in [0.4, 0.5) is 0 Å². The second-order valence-corrected chi connectivity index (χ2v) is 6.52. The van der Waals surface area contributed by atoms with Gasteiger partial charge in [0.15, 0.2) is 0 Å². The summed E-state index contributed by atoms with van der Waals surface area (Å²) in [4.78, 5) is 5.41. The summed E-state index contributed by atoms with van der Waals surface area (Å²) in [5.41, 5.74) is 0. The normalized spacial score (nSPS) is 28.9. The molecule has 2 saturated carbocycles. The quantitative estimate of drug-likeness (QED) is 0.724. The van der Waals surface area contributed by atoms with Gasteiger partial charge in [-0.2, -0.15) is 0 Å². The molecule has 3 rings (SSSR count). The Hall–Kier alpha value is -0.0800. The van der Waals surface area contributed by atoms with Crippen LogP contribution in [-0.2, 0) is 0 Å². The molecule has 0 unspecified atom stereocenters. The van der Waals surface area contributed by atoms with Crippen LogP contribution in [0.5, 0.6) is 0 Å². The zero-order chi connectivity index (χ0) is 11.5. The largest absolute Gasteiger partial charge is 0.301 e. The molecule has 2 nitrogen and oxygen atoms in total. The Morgan fingerprint density at radius 1 is 0.706 bits per heavy atom. The SMILES string of the molecule is C1CCC(CCN2CCN(CC3CC3)CC2)C1. The van der Waals surface area contributed by atoms with Crippen LogP contribution in [0.15, 0.2) is 0 Å². The molecule has 3 fully saturated rings. The molecular formula is C15H28N2. The molecule has 17 heavy (non-hydrogen) atoms. The maximum Gasteiger partial charge on any atom is 0.0110 e. The Morgan fingerprint density at radius 3 is 2.00 bits per heavy atom. The van der Waals surface area contributed by atoms with Crippen molar-refractivity contribution in [2.75, 3.05) is 39.3 Å². The molecule has 0 amide bonds. The monoisotopic (exact) mass is 236 g/mol. The van der Waals surface area contributed by atoms with Crippen LogP contribution >= 0.6 is 0 Å². The van der Waals surface area contributed by atoms with Crippen molar-refractivity contribution >= 4 is 0 Å². The first-order valence-corrected chi connectivity index (χ1v) is 7.85. The molecule has 1 saturated heterocycles. The molecule has 1 aliphatic heterocycles. The van der Waals surface area contributed by atoms with Crippen molar-refractivity contribution in [2.24, 2.45) is 11.8 Å². The molecule has 0 spiro atoms. The van der Waals surface area contributed by atoms with Gasteiger partial charge in [0.05, 0.1) is 0 Å². The van der Waals surface area contributed by atoms with Crippen LogP contribution < -0.4 is 0 Å². The van der Waals surface area contributed by atoms with E-state index in [1.807, 2.05) is 0 Å². The number of hydrogen-bond acceptors (Lipinski definition) is 2. The molecule has 0 N–H and O–H groups in total. The molecule has 1 heterocycles. The van der Waals surface area contributed by atoms with E-state index in [0.717, 1.165) is 11.8 Å². The number of nitrogens with zero attached hydrogens (tertiary/aromatic N) is 2. The third kappa shape index (κ3) is 3.69. The van der Waals surface area contributed by atoms with E-state index in [4.69, 9.17) is 0 Å². The van der Waals surface area contributed by atoms with E-state index in [1.165, 1.54) is 84.2 Å². The third-order valence-electron chi connectivity index (χ3n) is 5.01. The lowest BCUT2D eigenvalue weighted by Crippen LogP contribution is -2.47. The van der Waals surface area contributed by atoms with Crippen LogP contribution in [0.2, 0.25) is 0 Å². The summed E-state index contributed by atoms with van der Waals surface area (Å²) < 4.78 is 0. The molecule has 98 valence electrons. The van der Waals surface area contributed by atoms with Gasteiger partial charge in [-0.1, -0.05) is 25.7 Å². The Labute approximate surface area is 106 Å². The maximum atomic E-state index is 2.71. The fourth-order valence-electron chi connectivity index (χ4n) is 3.53. The molecule has 3 aliphatic rings. The molecule has 0 aromatic rings. The molecule has 2 aliphatic carbocycles. The predicted octanol–water partition coefficient (Wildman–Crippen LogP) is 2.59. The predicted molar refractivity (Wildman–Crippen MR) is 72.2 cm³/mol. The average molecular weight is 236 g/mol. The molecular weight excluding hydrogens is 208 g/mol.